The first-order chi connectivity index (χ1) is 10.4. The van der Waals surface area contributed by atoms with Gasteiger partial charge >= 0.3 is 0 Å². The van der Waals surface area contributed by atoms with Crippen LogP contribution in [-0.4, -0.2) is 36.5 Å². The van der Waals surface area contributed by atoms with Gasteiger partial charge in [-0.15, -0.1) is 0 Å². The fraction of sp³-hybridized carbons (Fsp3) is 0.600. The maximum atomic E-state index is 12.1. The van der Waals surface area contributed by atoms with E-state index in [2.05, 4.69) is 5.32 Å². The van der Waals surface area contributed by atoms with Crippen LogP contribution >= 0.6 is 30.6 Å². The predicted octanol–water partition coefficient (Wildman–Crippen LogP) is 4.09. The first-order valence-corrected chi connectivity index (χ1v) is 10.3. The van der Waals surface area contributed by atoms with E-state index >= 15 is 0 Å². The average Bonchev–Trinajstić information content (AvgIpc) is 2.48. The highest BCUT2D eigenvalue weighted by atomic mass is 35.5. The minimum absolute atomic E-state index is 0.0275. The Hall–Kier alpha value is -0.0900. The highest BCUT2D eigenvalue weighted by Gasteiger charge is 2.29. The number of hydrogen-bond donors (Lipinski definition) is 2. The van der Waals surface area contributed by atoms with E-state index in [0.717, 1.165) is 18.4 Å². The Morgan fingerprint density at radius 1 is 1.41 bits per heavy atom. The van der Waals surface area contributed by atoms with Gasteiger partial charge in [0.15, 0.2) is 0 Å². The number of benzene rings is 1. The molecular weight excluding hydrogens is 344 g/mol. The Morgan fingerprint density at radius 2 is 2.18 bits per heavy atom. The Labute approximate surface area is 141 Å². The summed E-state index contributed by atoms with van der Waals surface area (Å²) in [4.78, 5) is 9.96. The molecule has 1 heterocycles. The van der Waals surface area contributed by atoms with E-state index in [4.69, 9.17) is 27.9 Å². The second-order valence-electron chi connectivity index (χ2n) is 5.70. The molecule has 2 N–H and O–H groups in total. The van der Waals surface area contributed by atoms with Gasteiger partial charge in [0.25, 0.3) is 0 Å². The van der Waals surface area contributed by atoms with Gasteiger partial charge < -0.3 is 14.9 Å². The zero-order valence-corrected chi connectivity index (χ0v) is 15.0. The van der Waals surface area contributed by atoms with Gasteiger partial charge in [0, 0.05) is 12.7 Å². The summed E-state index contributed by atoms with van der Waals surface area (Å²) >= 11 is 11.9. The maximum Gasteiger partial charge on any atom is 0.203 e. The average molecular weight is 366 g/mol. The van der Waals surface area contributed by atoms with Crippen LogP contribution in [0.4, 0.5) is 0 Å². The number of halogens is 2. The van der Waals surface area contributed by atoms with Crippen molar-refractivity contribution in [3.63, 3.8) is 0 Å². The molecule has 1 fully saturated rings. The van der Waals surface area contributed by atoms with Gasteiger partial charge in [0.2, 0.25) is 7.37 Å². The highest BCUT2D eigenvalue weighted by Crippen LogP contribution is 2.43. The van der Waals surface area contributed by atoms with Crippen LogP contribution in [0.3, 0.4) is 0 Å². The van der Waals surface area contributed by atoms with Crippen molar-refractivity contribution in [1.29, 1.82) is 0 Å². The largest absolute Gasteiger partial charge is 0.374 e. The minimum Gasteiger partial charge on any atom is -0.374 e. The zero-order chi connectivity index (χ0) is 16.2. The SMILES string of the molecule is CCCCP(=O)(O)C[C@H]1CN[C@H](c2ccc(Cl)c(Cl)c2)CO1. The molecule has 22 heavy (non-hydrogen) atoms. The topological polar surface area (TPSA) is 58.6 Å². The second kappa shape index (κ2) is 8.14. The summed E-state index contributed by atoms with van der Waals surface area (Å²) < 4.78 is 17.9. The summed E-state index contributed by atoms with van der Waals surface area (Å²) in [5, 5.41) is 4.39. The van der Waals surface area contributed by atoms with Crippen LogP contribution in [0.25, 0.3) is 0 Å². The van der Waals surface area contributed by atoms with Crippen molar-refractivity contribution < 1.29 is 14.2 Å². The third kappa shape index (κ3) is 5.23. The smallest absolute Gasteiger partial charge is 0.203 e. The lowest BCUT2D eigenvalue weighted by molar-refractivity contribution is 0.0157. The summed E-state index contributed by atoms with van der Waals surface area (Å²) in [6.45, 7) is 3.03. The Bertz CT molecular complexity index is 548. The van der Waals surface area contributed by atoms with E-state index in [1.54, 1.807) is 6.07 Å². The molecule has 1 unspecified atom stereocenters. The summed E-state index contributed by atoms with van der Waals surface area (Å²) in [6, 6.07) is 5.52. The van der Waals surface area contributed by atoms with Crippen molar-refractivity contribution in [1.82, 2.24) is 5.32 Å². The summed E-state index contributed by atoms with van der Waals surface area (Å²) in [5.41, 5.74) is 1.01. The number of nitrogens with one attached hydrogen (secondary N) is 1. The van der Waals surface area contributed by atoms with Gasteiger partial charge in [-0.05, 0) is 24.1 Å². The quantitative estimate of drug-likeness (QED) is 0.745. The van der Waals surface area contributed by atoms with Gasteiger partial charge in [0.1, 0.15) is 0 Å². The van der Waals surface area contributed by atoms with E-state index in [1.807, 2.05) is 19.1 Å². The molecule has 0 amide bonds. The molecule has 0 bridgehead atoms. The van der Waals surface area contributed by atoms with Gasteiger partial charge in [-0.25, -0.2) is 0 Å². The number of rotatable bonds is 6. The standard InChI is InChI=1S/C15H22Cl2NO3P/c1-2-3-6-22(19,20)10-12-8-18-15(9-21-12)11-4-5-13(16)14(17)7-11/h4-5,7,12,15,18H,2-3,6,8-10H2,1H3,(H,19,20)/t12-,15+/m1/s1. The first-order valence-electron chi connectivity index (χ1n) is 7.52. The molecule has 3 atom stereocenters. The molecule has 124 valence electrons. The molecule has 7 heteroatoms. The zero-order valence-electron chi connectivity index (χ0n) is 12.6. The van der Waals surface area contributed by atoms with Crippen LogP contribution < -0.4 is 5.32 Å². The molecule has 4 nitrogen and oxygen atoms in total. The molecule has 1 aromatic carbocycles. The monoisotopic (exact) mass is 365 g/mol. The number of hydrogen-bond acceptors (Lipinski definition) is 3. The minimum atomic E-state index is -3.09. The van der Waals surface area contributed by atoms with Crippen molar-refractivity contribution >= 4 is 30.6 Å². The molecular formula is C15H22Cl2NO3P. The maximum absolute atomic E-state index is 12.1. The lowest BCUT2D eigenvalue weighted by atomic mass is 10.1. The van der Waals surface area contributed by atoms with E-state index in [1.165, 1.54) is 0 Å². The van der Waals surface area contributed by atoms with Gasteiger partial charge in [-0.2, -0.15) is 0 Å². The predicted molar refractivity (Wildman–Crippen MR) is 91.4 cm³/mol. The molecule has 1 aliphatic heterocycles. The van der Waals surface area contributed by atoms with E-state index < -0.39 is 7.37 Å². The Morgan fingerprint density at radius 3 is 2.77 bits per heavy atom. The normalized spacial score (nSPS) is 24.9. The van der Waals surface area contributed by atoms with Crippen molar-refractivity contribution in [2.75, 3.05) is 25.5 Å². The van der Waals surface area contributed by atoms with Crippen LogP contribution in [0.15, 0.2) is 18.2 Å². The molecule has 2 rings (SSSR count). The van der Waals surface area contributed by atoms with Crippen LogP contribution in [0.5, 0.6) is 0 Å². The highest BCUT2D eigenvalue weighted by molar-refractivity contribution is 7.58. The van der Waals surface area contributed by atoms with Crippen LogP contribution in [0.1, 0.15) is 31.4 Å². The summed E-state index contributed by atoms with van der Waals surface area (Å²) in [6.07, 6.45) is 2.08. The fourth-order valence-corrected chi connectivity index (χ4v) is 4.67. The van der Waals surface area contributed by atoms with Gasteiger partial charge in [-0.3, -0.25) is 4.57 Å². The van der Waals surface area contributed by atoms with Crippen LogP contribution in [0.2, 0.25) is 10.0 Å². The lowest BCUT2D eigenvalue weighted by Crippen LogP contribution is -2.42. The Balaban J connectivity index is 1.87. The molecule has 0 aliphatic carbocycles. The molecule has 1 aliphatic rings. The van der Waals surface area contributed by atoms with E-state index in [-0.39, 0.29) is 18.3 Å². The van der Waals surface area contributed by atoms with Crippen LogP contribution in [0, 0.1) is 0 Å². The molecule has 1 saturated heterocycles. The van der Waals surface area contributed by atoms with Crippen LogP contribution in [-0.2, 0) is 9.30 Å². The molecule has 0 saturated carbocycles. The molecule has 0 aromatic heterocycles. The summed E-state index contributed by atoms with van der Waals surface area (Å²) in [5.74, 6) is 0. The van der Waals surface area contributed by atoms with E-state index in [9.17, 15) is 9.46 Å². The van der Waals surface area contributed by atoms with Crippen molar-refractivity contribution in [3.05, 3.63) is 33.8 Å². The Kier molecular flexibility index (Phi) is 6.75. The third-order valence-electron chi connectivity index (χ3n) is 3.79. The second-order valence-corrected chi connectivity index (χ2v) is 9.02. The number of unbranched alkanes of at least 4 members (excludes halogenated alkanes) is 1. The molecule has 0 spiro atoms. The van der Waals surface area contributed by atoms with Crippen molar-refractivity contribution in [2.24, 2.45) is 0 Å². The number of morpholine rings is 1. The van der Waals surface area contributed by atoms with Crippen molar-refractivity contribution in [3.8, 4) is 0 Å². The molecule has 1 aromatic rings. The van der Waals surface area contributed by atoms with E-state index in [0.29, 0.717) is 29.4 Å². The van der Waals surface area contributed by atoms with Crippen molar-refractivity contribution in [2.45, 2.75) is 31.9 Å². The molecule has 0 radical (unpaired) electrons. The lowest BCUT2D eigenvalue weighted by Gasteiger charge is -2.31. The van der Waals surface area contributed by atoms with Gasteiger partial charge in [-0.1, -0.05) is 42.6 Å². The first kappa shape index (κ1) is 18.3. The fourth-order valence-electron chi connectivity index (χ4n) is 2.50. The third-order valence-corrected chi connectivity index (χ3v) is 6.52. The summed E-state index contributed by atoms with van der Waals surface area (Å²) in [7, 11) is -3.09. The number of ether oxygens (including phenoxy) is 1. The van der Waals surface area contributed by atoms with Gasteiger partial charge in [0.05, 0.1) is 35.0 Å².